The molecule has 2 atom stereocenters. The normalized spacial score (nSPS) is 18.8. The molecule has 3 aromatic rings. The SMILES string of the molecule is C=CCOc1ccc(C2=NN3[C@@H](C2)c2ccccc2O[C@H]3c2cccc([N+](=O)[O-])c2)cc1. The van der Waals surface area contributed by atoms with E-state index in [4.69, 9.17) is 14.6 Å². The zero-order valence-electron chi connectivity index (χ0n) is 17.3. The predicted octanol–water partition coefficient (Wildman–Crippen LogP) is 5.40. The minimum atomic E-state index is -0.553. The van der Waals surface area contributed by atoms with Crippen molar-refractivity contribution in [3.05, 3.63) is 112 Å². The van der Waals surface area contributed by atoms with Crippen LogP contribution < -0.4 is 9.47 Å². The van der Waals surface area contributed by atoms with Crippen LogP contribution in [-0.2, 0) is 0 Å². The van der Waals surface area contributed by atoms with Gasteiger partial charge in [-0.1, -0.05) is 43.0 Å². The number of nitrogens with zero attached hydrogens (tertiary/aromatic N) is 3. The summed E-state index contributed by atoms with van der Waals surface area (Å²) in [4.78, 5) is 10.9. The fraction of sp³-hybridized carbons (Fsp3) is 0.160. The number of hydrogen-bond acceptors (Lipinski definition) is 6. The maximum Gasteiger partial charge on any atom is 0.269 e. The van der Waals surface area contributed by atoms with Crippen LogP contribution in [-0.4, -0.2) is 22.3 Å². The number of fused-ring (bicyclic) bond motifs is 3. The van der Waals surface area contributed by atoms with Gasteiger partial charge in [-0.3, -0.25) is 10.1 Å². The number of ether oxygens (including phenoxy) is 2. The molecule has 0 aromatic heterocycles. The van der Waals surface area contributed by atoms with Crippen LogP contribution in [0.25, 0.3) is 0 Å². The van der Waals surface area contributed by atoms with Crippen molar-refractivity contribution in [2.45, 2.75) is 18.7 Å². The molecule has 0 bridgehead atoms. The molecule has 0 radical (unpaired) electrons. The molecule has 7 nitrogen and oxygen atoms in total. The molecule has 0 fully saturated rings. The van der Waals surface area contributed by atoms with E-state index in [9.17, 15) is 10.1 Å². The molecule has 0 aliphatic carbocycles. The van der Waals surface area contributed by atoms with Crippen molar-refractivity contribution in [2.75, 3.05) is 6.61 Å². The Labute approximate surface area is 185 Å². The van der Waals surface area contributed by atoms with Crippen LogP contribution in [0.3, 0.4) is 0 Å². The second-order valence-corrected chi connectivity index (χ2v) is 7.63. The first-order chi connectivity index (χ1) is 15.6. The van der Waals surface area contributed by atoms with Gasteiger partial charge >= 0.3 is 0 Å². The minimum Gasteiger partial charge on any atom is -0.490 e. The van der Waals surface area contributed by atoms with Crippen molar-refractivity contribution in [1.29, 1.82) is 0 Å². The van der Waals surface area contributed by atoms with Gasteiger partial charge in [-0.05, 0) is 35.9 Å². The molecule has 0 N–H and O–H groups in total. The molecule has 7 heteroatoms. The van der Waals surface area contributed by atoms with E-state index in [1.807, 2.05) is 59.6 Å². The maximum absolute atomic E-state index is 11.3. The summed E-state index contributed by atoms with van der Waals surface area (Å²) in [6, 6.07) is 22.2. The molecule has 0 unspecified atom stereocenters. The standard InChI is InChI=1S/C25H21N3O4/c1-2-14-31-20-12-10-17(11-13-20)22-16-23-21-8-3-4-9-24(21)32-25(27(23)26-22)18-6-5-7-19(15-18)28(29)30/h2-13,15,23,25H,1,14,16H2/t23-,25-/m0/s1. The Bertz CT molecular complexity index is 1210. The molecule has 2 aliphatic rings. The smallest absolute Gasteiger partial charge is 0.269 e. The van der Waals surface area contributed by atoms with Crippen molar-refractivity contribution in [1.82, 2.24) is 5.01 Å². The topological polar surface area (TPSA) is 77.2 Å². The lowest BCUT2D eigenvalue weighted by Crippen LogP contribution is -2.33. The summed E-state index contributed by atoms with van der Waals surface area (Å²) in [6.45, 7) is 4.12. The van der Waals surface area contributed by atoms with E-state index >= 15 is 0 Å². The summed E-state index contributed by atoms with van der Waals surface area (Å²) in [5.74, 6) is 1.54. The van der Waals surface area contributed by atoms with Gasteiger partial charge in [-0.25, -0.2) is 5.01 Å². The predicted molar refractivity (Wildman–Crippen MR) is 121 cm³/mol. The van der Waals surface area contributed by atoms with Gasteiger partial charge in [0.2, 0.25) is 6.23 Å². The first-order valence-corrected chi connectivity index (χ1v) is 10.3. The molecule has 0 saturated heterocycles. The monoisotopic (exact) mass is 427 g/mol. The maximum atomic E-state index is 11.3. The average Bonchev–Trinajstić information content (AvgIpc) is 3.28. The van der Waals surface area contributed by atoms with Crippen LogP contribution in [0.2, 0.25) is 0 Å². The highest BCUT2D eigenvalue weighted by Gasteiger charge is 2.41. The van der Waals surface area contributed by atoms with Gasteiger partial charge in [0.1, 0.15) is 18.1 Å². The van der Waals surface area contributed by atoms with Crippen molar-refractivity contribution >= 4 is 11.4 Å². The number of hydrogen-bond donors (Lipinski definition) is 0. The van der Waals surface area contributed by atoms with E-state index in [1.165, 1.54) is 6.07 Å². The highest BCUT2D eigenvalue weighted by atomic mass is 16.6. The van der Waals surface area contributed by atoms with Gasteiger partial charge in [0.05, 0.1) is 16.7 Å². The van der Waals surface area contributed by atoms with E-state index in [0.29, 0.717) is 18.6 Å². The first-order valence-electron chi connectivity index (χ1n) is 10.3. The lowest BCUT2D eigenvalue weighted by molar-refractivity contribution is -0.385. The summed E-state index contributed by atoms with van der Waals surface area (Å²) in [7, 11) is 0. The zero-order valence-corrected chi connectivity index (χ0v) is 17.3. The van der Waals surface area contributed by atoms with Crippen molar-refractivity contribution in [2.24, 2.45) is 5.10 Å². The molecular formula is C25H21N3O4. The Kier molecular flexibility index (Phi) is 5.07. The molecule has 0 saturated carbocycles. The number of non-ortho nitro benzene ring substituents is 1. The molecule has 0 spiro atoms. The Morgan fingerprint density at radius 1 is 1.16 bits per heavy atom. The highest BCUT2D eigenvalue weighted by Crippen LogP contribution is 2.47. The van der Waals surface area contributed by atoms with Crippen LogP contribution in [0.15, 0.2) is 90.6 Å². The van der Waals surface area contributed by atoms with Gasteiger partial charge in [-0.15, -0.1) is 0 Å². The highest BCUT2D eigenvalue weighted by molar-refractivity contribution is 6.02. The molecule has 3 aromatic carbocycles. The second-order valence-electron chi connectivity index (χ2n) is 7.63. The van der Waals surface area contributed by atoms with Gasteiger partial charge < -0.3 is 9.47 Å². The second kappa shape index (κ2) is 8.19. The lowest BCUT2D eigenvalue weighted by Gasteiger charge is -2.38. The number of nitro groups is 1. The van der Waals surface area contributed by atoms with E-state index in [2.05, 4.69) is 6.58 Å². The van der Waals surface area contributed by atoms with Crippen LogP contribution in [0.1, 0.15) is 35.4 Å². The van der Waals surface area contributed by atoms with Crippen LogP contribution in [0.5, 0.6) is 11.5 Å². The Morgan fingerprint density at radius 2 is 1.97 bits per heavy atom. The fourth-order valence-electron chi connectivity index (χ4n) is 4.12. The first kappa shape index (κ1) is 19.8. The van der Waals surface area contributed by atoms with Gasteiger partial charge in [0, 0.05) is 29.7 Å². The molecule has 2 aliphatic heterocycles. The van der Waals surface area contributed by atoms with E-state index in [0.717, 1.165) is 28.3 Å². The summed E-state index contributed by atoms with van der Waals surface area (Å²) >= 11 is 0. The number of nitro benzene ring substituents is 1. The number of rotatable bonds is 6. The Balaban J connectivity index is 1.51. The quantitative estimate of drug-likeness (QED) is 0.299. The van der Waals surface area contributed by atoms with Gasteiger partial charge in [-0.2, -0.15) is 5.10 Å². The molecule has 0 amide bonds. The summed E-state index contributed by atoms with van der Waals surface area (Å²) in [5.41, 5.74) is 3.71. The average molecular weight is 427 g/mol. The fourth-order valence-corrected chi connectivity index (χ4v) is 4.12. The number of hydrazone groups is 1. The summed E-state index contributed by atoms with van der Waals surface area (Å²) in [5, 5.41) is 18.1. The zero-order chi connectivity index (χ0) is 22.1. The summed E-state index contributed by atoms with van der Waals surface area (Å²) < 4.78 is 11.9. The molecule has 160 valence electrons. The van der Waals surface area contributed by atoms with E-state index < -0.39 is 11.2 Å². The Hall–Kier alpha value is -4.13. The number of para-hydroxylation sites is 1. The Morgan fingerprint density at radius 3 is 2.75 bits per heavy atom. The lowest BCUT2D eigenvalue weighted by atomic mass is 9.96. The van der Waals surface area contributed by atoms with Crippen LogP contribution in [0, 0.1) is 10.1 Å². The summed E-state index contributed by atoms with van der Waals surface area (Å²) in [6.07, 6.45) is 1.86. The van der Waals surface area contributed by atoms with Crippen molar-refractivity contribution in [3.63, 3.8) is 0 Å². The van der Waals surface area contributed by atoms with Gasteiger partial charge in [0.25, 0.3) is 5.69 Å². The minimum absolute atomic E-state index is 0.0177. The van der Waals surface area contributed by atoms with Gasteiger partial charge in [0.15, 0.2) is 0 Å². The van der Waals surface area contributed by atoms with Crippen molar-refractivity contribution in [3.8, 4) is 11.5 Å². The molecule has 5 rings (SSSR count). The molecular weight excluding hydrogens is 406 g/mol. The number of benzene rings is 3. The molecule has 2 heterocycles. The van der Waals surface area contributed by atoms with E-state index in [1.54, 1.807) is 18.2 Å². The van der Waals surface area contributed by atoms with Crippen LogP contribution >= 0.6 is 0 Å². The third-order valence-corrected chi connectivity index (χ3v) is 5.62. The van der Waals surface area contributed by atoms with E-state index in [-0.39, 0.29) is 11.7 Å². The molecule has 32 heavy (non-hydrogen) atoms. The van der Waals surface area contributed by atoms with Crippen molar-refractivity contribution < 1.29 is 14.4 Å². The third kappa shape index (κ3) is 3.58. The largest absolute Gasteiger partial charge is 0.490 e. The third-order valence-electron chi connectivity index (χ3n) is 5.62. The van der Waals surface area contributed by atoms with Crippen LogP contribution in [0.4, 0.5) is 5.69 Å².